The average molecular weight is 267 g/mol. The van der Waals surface area contributed by atoms with E-state index in [1.165, 1.54) is 11.1 Å². The fourth-order valence-corrected chi connectivity index (χ4v) is 2.50. The molecule has 1 N–H and O–H groups in total. The van der Waals surface area contributed by atoms with Gasteiger partial charge in [0, 0.05) is 11.3 Å². The molecule has 0 radical (unpaired) electrons. The smallest absolute Gasteiger partial charge is 0.161 e. The van der Waals surface area contributed by atoms with Crippen molar-refractivity contribution < 1.29 is 4.74 Å². The first-order valence-corrected chi connectivity index (χ1v) is 6.69. The molecule has 0 aliphatic carbocycles. The molecule has 4 nitrogen and oxygen atoms in total. The molecule has 2 aromatic rings. The largest absolute Gasteiger partial charge is 0.377 e. The number of hydrogen-bond donors (Lipinski definition) is 1. The molecule has 1 aliphatic heterocycles. The van der Waals surface area contributed by atoms with E-state index in [1.807, 2.05) is 6.92 Å². The van der Waals surface area contributed by atoms with Crippen LogP contribution in [0.2, 0.25) is 0 Å². The van der Waals surface area contributed by atoms with E-state index in [0.717, 1.165) is 22.8 Å². The van der Waals surface area contributed by atoms with E-state index in [1.54, 1.807) is 0 Å². The number of aromatic nitrogens is 2. The van der Waals surface area contributed by atoms with Crippen molar-refractivity contribution in [1.82, 2.24) is 9.97 Å². The van der Waals surface area contributed by atoms with Gasteiger partial charge >= 0.3 is 0 Å². The molecule has 0 amide bonds. The quantitative estimate of drug-likeness (QED) is 0.910. The molecule has 1 aromatic carbocycles. The summed E-state index contributed by atoms with van der Waals surface area (Å²) in [7, 11) is 0. The summed E-state index contributed by atoms with van der Waals surface area (Å²) >= 11 is 0. The number of hydrogen-bond acceptors (Lipinski definition) is 3. The minimum absolute atomic E-state index is 0.419. The van der Waals surface area contributed by atoms with Crippen molar-refractivity contribution in [2.45, 2.75) is 26.2 Å². The van der Waals surface area contributed by atoms with Gasteiger partial charge in [0.25, 0.3) is 0 Å². The predicted molar refractivity (Wildman–Crippen MR) is 76.3 cm³/mol. The molecular formula is C16H17N3O. The van der Waals surface area contributed by atoms with Crippen LogP contribution in [0.3, 0.4) is 0 Å². The molecular weight excluding hydrogens is 250 g/mol. The van der Waals surface area contributed by atoms with Crippen molar-refractivity contribution in [3.8, 4) is 17.3 Å². The van der Waals surface area contributed by atoms with E-state index < -0.39 is 5.41 Å². The number of imidazole rings is 1. The Hall–Kier alpha value is -2.12. The second kappa shape index (κ2) is 4.46. The number of nitrogens with one attached hydrogen (secondary N) is 1. The molecule has 1 aliphatic rings. The fraction of sp³-hybridized carbons (Fsp3) is 0.375. The van der Waals surface area contributed by atoms with Crippen molar-refractivity contribution in [1.29, 1.82) is 5.26 Å². The van der Waals surface area contributed by atoms with E-state index in [9.17, 15) is 5.26 Å². The van der Waals surface area contributed by atoms with Crippen molar-refractivity contribution in [3.63, 3.8) is 0 Å². The highest BCUT2D eigenvalue weighted by Crippen LogP contribution is 2.33. The molecule has 0 atom stereocenters. The molecule has 102 valence electrons. The Balaban J connectivity index is 2.10. The Kier molecular flexibility index (Phi) is 2.88. The first-order valence-electron chi connectivity index (χ1n) is 6.69. The maximum atomic E-state index is 9.37. The van der Waals surface area contributed by atoms with E-state index >= 15 is 0 Å². The van der Waals surface area contributed by atoms with E-state index in [-0.39, 0.29) is 0 Å². The number of aryl methyl sites for hydroxylation is 3. The van der Waals surface area contributed by atoms with Gasteiger partial charge in [0.2, 0.25) is 0 Å². The molecule has 2 heterocycles. The van der Waals surface area contributed by atoms with Gasteiger partial charge in [-0.3, -0.25) is 0 Å². The Morgan fingerprint density at radius 1 is 1.30 bits per heavy atom. The van der Waals surface area contributed by atoms with Crippen LogP contribution in [-0.4, -0.2) is 23.2 Å². The highest BCUT2D eigenvalue weighted by molar-refractivity contribution is 5.67. The number of ether oxygens (including phenoxy) is 1. The van der Waals surface area contributed by atoms with Crippen LogP contribution in [0, 0.1) is 32.1 Å². The monoisotopic (exact) mass is 267 g/mol. The lowest BCUT2D eigenvalue weighted by Crippen LogP contribution is -2.46. The Bertz CT molecular complexity index is 705. The number of nitriles is 1. The second-order valence-electron chi connectivity index (χ2n) is 5.56. The van der Waals surface area contributed by atoms with E-state index in [2.05, 4.69) is 48.1 Å². The minimum Gasteiger partial charge on any atom is -0.377 e. The SMILES string of the molecule is Cc1ccc(C)c(-c2nc(C3(C#N)COC3)[nH]c2C)c1. The summed E-state index contributed by atoms with van der Waals surface area (Å²) in [6, 6.07) is 8.67. The number of H-pyrrole nitrogens is 1. The third kappa shape index (κ3) is 1.83. The van der Waals surface area contributed by atoms with E-state index in [4.69, 9.17) is 4.74 Å². The van der Waals surface area contributed by atoms with Gasteiger partial charge in [0.05, 0.1) is 25.0 Å². The minimum atomic E-state index is -0.596. The summed E-state index contributed by atoms with van der Waals surface area (Å²) in [6.07, 6.45) is 0. The summed E-state index contributed by atoms with van der Waals surface area (Å²) < 4.78 is 5.20. The highest BCUT2D eigenvalue weighted by Gasteiger charge is 2.44. The maximum absolute atomic E-state index is 9.37. The van der Waals surface area contributed by atoms with Crippen LogP contribution >= 0.6 is 0 Å². The van der Waals surface area contributed by atoms with Gasteiger partial charge in [0.1, 0.15) is 5.82 Å². The van der Waals surface area contributed by atoms with Gasteiger partial charge in [-0.1, -0.05) is 17.7 Å². The summed E-state index contributed by atoms with van der Waals surface area (Å²) in [5.41, 5.74) is 4.85. The number of rotatable bonds is 2. The van der Waals surface area contributed by atoms with Gasteiger partial charge in [0.15, 0.2) is 5.41 Å². The standard InChI is InChI=1S/C16H17N3O/c1-10-4-5-11(2)13(6-10)14-12(3)18-15(19-14)16(7-17)8-20-9-16/h4-6H,8-9H2,1-3H3,(H,18,19). The first kappa shape index (κ1) is 12.9. The van der Waals surface area contributed by atoms with Crippen molar-refractivity contribution in [3.05, 3.63) is 40.8 Å². The van der Waals surface area contributed by atoms with Crippen LogP contribution in [0.1, 0.15) is 22.6 Å². The number of nitrogens with zero attached hydrogens (tertiary/aromatic N) is 2. The predicted octanol–water partition coefficient (Wildman–Crippen LogP) is 2.79. The molecule has 1 saturated heterocycles. The summed E-state index contributed by atoms with van der Waals surface area (Å²) in [4.78, 5) is 7.96. The first-order chi connectivity index (χ1) is 9.55. The average Bonchev–Trinajstić information content (AvgIpc) is 2.74. The van der Waals surface area contributed by atoms with Crippen molar-refractivity contribution in [2.24, 2.45) is 0 Å². The zero-order valence-corrected chi connectivity index (χ0v) is 11.9. The Labute approximate surface area is 118 Å². The molecule has 20 heavy (non-hydrogen) atoms. The van der Waals surface area contributed by atoms with Gasteiger partial charge in [-0.05, 0) is 32.4 Å². The lowest BCUT2D eigenvalue weighted by molar-refractivity contribution is -0.0335. The topological polar surface area (TPSA) is 61.7 Å². The molecule has 0 bridgehead atoms. The van der Waals surface area contributed by atoms with Crippen LogP contribution in [0.4, 0.5) is 0 Å². The van der Waals surface area contributed by atoms with Gasteiger partial charge in [-0.15, -0.1) is 0 Å². The van der Waals surface area contributed by atoms with Crippen LogP contribution in [0.15, 0.2) is 18.2 Å². The number of aromatic amines is 1. The number of benzene rings is 1. The lowest BCUT2D eigenvalue weighted by atomic mass is 9.87. The molecule has 4 heteroatoms. The molecule has 3 rings (SSSR count). The van der Waals surface area contributed by atoms with Gasteiger partial charge in [-0.2, -0.15) is 5.26 Å². The summed E-state index contributed by atoms with van der Waals surface area (Å²) in [6.45, 7) is 6.99. The molecule has 1 fully saturated rings. The third-order valence-electron chi connectivity index (χ3n) is 3.90. The van der Waals surface area contributed by atoms with Crippen LogP contribution in [-0.2, 0) is 10.2 Å². The van der Waals surface area contributed by atoms with Crippen LogP contribution in [0.25, 0.3) is 11.3 Å². The fourth-order valence-electron chi connectivity index (χ4n) is 2.50. The third-order valence-corrected chi connectivity index (χ3v) is 3.90. The van der Waals surface area contributed by atoms with Gasteiger partial charge < -0.3 is 9.72 Å². The zero-order chi connectivity index (χ0) is 14.3. The Morgan fingerprint density at radius 3 is 2.65 bits per heavy atom. The van der Waals surface area contributed by atoms with Crippen LogP contribution < -0.4 is 0 Å². The summed E-state index contributed by atoms with van der Waals surface area (Å²) in [5.74, 6) is 0.722. The molecule has 1 aromatic heterocycles. The maximum Gasteiger partial charge on any atom is 0.161 e. The van der Waals surface area contributed by atoms with Crippen LogP contribution in [0.5, 0.6) is 0 Å². The van der Waals surface area contributed by atoms with Crippen molar-refractivity contribution >= 4 is 0 Å². The highest BCUT2D eigenvalue weighted by atomic mass is 16.5. The Morgan fingerprint density at radius 2 is 2.05 bits per heavy atom. The molecule has 0 unspecified atom stereocenters. The van der Waals surface area contributed by atoms with Crippen molar-refractivity contribution in [2.75, 3.05) is 13.2 Å². The second-order valence-corrected chi connectivity index (χ2v) is 5.56. The molecule has 0 spiro atoms. The normalized spacial score (nSPS) is 16.5. The zero-order valence-electron chi connectivity index (χ0n) is 11.9. The lowest BCUT2D eigenvalue weighted by Gasteiger charge is -2.32. The molecule has 0 saturated carbocycles. The summed E-state index contributed by atoms with van der Waals surface area (Å²) in [5, 5.41) is 9.37. The van der Waals surface area contributed by atoms with Gasteiger partial charge in [-0.25, -0.2) is 4.98 Å². The van der Waals surface area contributed by atoms with E-state index in [0.29, 0.717) is 13.2 Å².